The predicted molar refractivity (Wildman–Crippen MR) is 77.9 cm³/mol. The molecule has 0 aliphatic rings. The van der Waals surface area contributed by atoms with Crippen LogP contribution in [0, 0.1) is 6.92 Å². The summed E-state index contributed by atoms with van der Waals surface area (Å²) < 4.78 is 5.71. The van der Waals surface area contributed by atoms with Crippen molar-refractivity contribution >= 4 is 34.3 Å². The molecule has 0 aliphatic carbocycles. The minimum atomic E-state index is -0.0992. The minimum Gasteiger partial charge on any atom is -0.434 e. The largest absolute Gasteiger partial charge is 0.434 e. The second-order valence-electron chi connectivity index (χ2n) is 4.38. The molecule has 1 aromatic carbocycles. The van der Waals surface area contributed by atoms with Crippen molar-refractivity contribution in [2.24, 2.45) is 0 Å². The van der Waals surface area contributed by atoms with Crippen LogP contribution in [-0.4, -0.2) is 15.1 Å². The first-order chi connectivity index (χ1) is 9.60. The van der Waals surface area contributed by atoms with E-state index in [0.717, 1.165) is 11.1 Å². The van der Waals surface area contributed by atoms with Gasteiger partial charge >= 0.3 is 0 Å². The van der Waals surface area contributed by atoms with Gasteiger partial charge in [0.1, 0.15) is 10.7 Å². The number of fused-ring (bicyclic) bond motifs is 1. The van der Waals surface area contributed by atoms with Crippen LogP contribution in [0.5, 0.6) is 0 Å². The molecule has 0 amide bonds. The molecule has 3 aromatic rings. The Morgan fingerprint density at radius 3 is 2.85 bits per heavy atom. The van der Waals surface area contributed by atoms with Gasteiger partial charge in [0.15, 0.2) is 5.58 Å². The Kier molecular flexibility index (Phi) is 3.38. The van der Waals surface area contributed by atoms with Crippen LogP contribution in [0.3, 0.4) is 0 Å². The molecular formula is C14H10Cl2N2O2. The van der Waals surface area contributed by atoms with Crippen LogP contribution < -0.4 is 0 Å². The Labute approximate surface area is 125 Å². The number of aliphatic hydroxyl groups excluding tert-OH is 1. The van der Waals surface area contributed by atoms with Crippen LogP contribution in [0.15, 0.2) is 28.8 Å². The highest BCUT2D eigenvalue weighted by atomic mass is 35.5. The van der Waals surface area contributed by atoms with E-state index in [9.17, 15) is 5.11 Å². The van der Waals surface area contributed by atoms with Crippen LogP contribution >= 0.6 is 23.2 Å². The highest BCUT2D eigenvalue weighted by Crippen LogP contribution is 2.32. The molecule has 0 saturated heterocycles. The van der Waals surface area contributed by atoms with Crippen LogP contribution in [0.2, 0.25) is 10.2 Å². The number of aromatic nitrogens is 2. The van der Waals surface area contributed by atoms with Crippen molar-refractivity contribution in [2.75, 3.05) is 0 Å². The maximum absolute atomic E-state index is 9.18. The van der Waals surface area contributed by atoms with Gasteiger partial charge in [-0.15, -0.1) is 0 Å². The molecule has 1 N–H and O–H groups in total. The van der Waals surface area contributed by atoms with E-state index in [1.54, 1.807) is 24.4 Å². The molecular weight excluding hydrogens is 299 g/mol. The fourth-order valence-corrected chi connectivity index (χ4v) is 2.43. The standard InChI is InChI=1S/C14H10Cl2N2O2/c1-7-9(2-3-17-13(7)16)14-18-11-5-8(6-19)4-10(15)12(11)20-14/h2-5,19H,6H2,1H3. The summed E-state index contributed by atoms with van der Waals surface area (Å²) in [5, 5.41) is 10.0. The second kappa shape index (κ2) is 5.05. The van der Waals surface area contributed by atoms with Gasteiger partial charge in [-0.2, -0.15) is 0 Å². The second-order valence-corrected chi connectivity index (χ2v) is 5.14. The zero-order valence-corrected chi connectivity index (χ0v) is 12.0. The van der Waals surface area contributed by atoms with E-state index in [1.165, 1.54) is 0 Å². The number of benzene rings is 1. The Hall–Kier alpha value is -1.62. The van der Waals surface area contributed by atoms with Crippen molar-refractivity contribution in [1.82, 2.24) is 9.97 Å². The summed E-state index contributed by atoms with van der Waals surface area (Å²) in [7, 11) is 0. The Bertz CT molecular complexity index is 799. The van der Waals surface area contributed by atoms with Crippen molar-refractivity contribution < 1.29 is 9.52 Å². The third-order valence-electron chi connectivity index (χ3n) is 3.06. The first kappa shape index (κ1) is 13.4. The van der Waals surface area contributed by atoms with Crippen molar-refractivity contribution in [3.8, 4) is 11.5 Å². The van der Waals surface area contributed by atoms with E-state index in [4.69, 9.17) is 27.6 Å². The Morgan fingerprint density at radius 1 is 1.30 bits per heavy atom. The highest BCUT2D eigenvalue weighted by Gasteiger charge is 2.15. The van der Waals surface area contributed by atoms with Crippen LogP contribution in [0.25, 0.3) is 22.6 Å². The molecule has 0 unspecified atom stereocenters. The number of oxazole rings is 1. The van der Waals surface area contributed by atoms with Crippen molar-refractivity contribution in [1.29, 1.82) is 0 Å². The molecule has 0 saturated carbocycles. The number of nitrogens with zero attached hydrogens (tertiary/aromatic N) is 2. The number of halogens is 2. The number of hydrogen-bond acceptors (Lipinski definition) is 4. The quantitative estimate of drug-likeness (QED) is 0.727. The molecule has 3 rings (SSSR count). The maximum Gasteiger partial charge on any atom is 0.227 e. The molecule has 0 aliphatic heterocycles. The summed E-state index contributed by atoms with van der Waals surface area (Å²) in [5.74, 6) is 0.429. The molecule has 20 heavy (non-hydrogen) atoms. The SMILES string of the molecule is Cc1c(-c2nc3cc(CO)cc(Cl)c3o2)ccnc1Cl. The molecule has 0 radical (unpaired) electrons. The third kappa shape index (κ3) is 2.16. The molecule has 0 spiro atoms. The topological polar surface area (TPSA) is 59.2 Å². The number of hydrogen-bond donors (Lipinski definition) is 1. The monoisotopic (exact) mass is 308 g/mol. The van der Waals surface area contributed by atoms with Gasteiger partial charge in [0.2, 0.25) is 5.89 Å². The fourth-order valence-electron chi connectivity index (χ4n) is 1.99. The Morgan fingerprint density at radius 2 is 2.10 bits per heavy atom. The summed E-state index contributed by atoms with van der Waals surface area (Å²) in [6.07, 6.45) is 1.60. The van der Waals surface area contributed by atoms with Crippen molar-refractivity contribution in [3.63, 3.8) is 0 Å². The lowest BCUT2D eigenvalue weighted by atomic mass is 10.1. The lowest BCUT2D eigenvalue weighted by Gasteiger charge is -2.01. The van der Waals surface area contributed by atoms with Gasteiger partial charge in [0.05, 0.1) is 11.6 Å². The van der Waals surface area contributed by atoms with Gasteiger partial charge in [-0.25, -0.2) is 9.97 Å². The summed E-state index contributed by atoms with van der Waals surface area (Å²) in [6, 6.07) is 5.18. The summed E-state index contributed by atoms with van der Waals surface area (Å²) in [5.41, 5.74) is 3.34. The summed E-state index contributed by atoms with van der Waals surface area (Å²) in [4.78, 5) is 8.41. The molecule has 0 bridgehead atoms. The van der Waals surface area contributed by atoms with Crippen LogP contribution in [0.4, 0.5) is 0 Å². The van der Waals surface area contributed by atoms with Gasteiger partial charge in [0, 0.05) is 11.8 Å². The van der Waals surface area contributed by atoms with E-state index < -0.39 is 0 Å². The van der Waals surface area contributed by atoms with Crippen molar-refractivity contribution in [2.45, 2.75) is 13.5 Å². The highest BCUT2D eigenvalue weighted by molar-refractivity contribution is 6.34. The van der Waals surface area contributed by atoms with E-state index >= 15 is 0 Å². The van der Waals surface area contributed by atoms with E-state index in [1.807, 2.05) is 6.92 Å². The van der Waals surface area contributed by atoms with Crippen LogP contribution in [-0.2, 0) is 6.61 Å². The van der Waals surface area contributed by atoms with Gasteiger partial charge in [-0.1, -0.05) is 23.2 Å². The third-order valence-corrected chi connectivity index (χ3v) is 3.72. The van der Waals surface area contributed by atoms with Gasteiger partial charge in [-0.05, 0) is 36.2 Å². The number of rotatable bonds is 2. The lowest BCUT2D eigenvalue weighted by molar-refractivity contribution is 0.282. The van der Waals surface area contributed by atoms with Gasteiger partial charge < -0.3 is 9.52 Å². The van der Waals surface area contributed by atoms with E-state index in [-0.39, 0.29) is 6.61 Å². The fraction of sp³-hybridized carbons (Fsp3) is 0.143. The lowest BCUT2D eigenvalue weighted by Crippen LogP contribution is -1.87. The molecule has 6 heteroatoms. The molecule has 102 valence electrons. The molecule has 0 atom stereocenters. The normalized spacial score (nSPS) is 11.2. The number of aliphatic hydroxyl groups is 1. The maximum atomic E-state index is 9.18. The van der Waals surface area contributed by atoms with Gasteiger partial charge in [-0.3, -0.25) is 0 Å². The molecule has 2 aromatic heterocycles. The minimum absolute atomic E-state index is 0.0992. The smallest absolute Gasteiger partial charge is 0.227 e. The number of pyridine rings is 1. The van der Waals surface area contributed by atoms with E-state index in [0.29, 0.717) is 32.7 Å². The Balaban J connectivity index is 2.23. The predicted octanol–water partition coefficient (Wildman–Crippen LogP) is 4.00. The average Bonchev–Trinajstić information content (AvgIpc) is 2.86. The summed E-state index contributed by atoms with van der Waals surface area (Å²) >= 11 is 12.1. The average molecular weight is 309 g/mol. The van der Waals surface area contributed by atoms with Gasteiger partial charge in [0.25, 0.3) is 0 Å². The van der Waals surface area contributed by atoms with Crippen molar-refractivity contribution in [3.05, 3.63) is 45.7 Å². The molecule has 4 nitrogen and oxygen atoms in total. The zero-order chi connectivity index (χ0) is 14.3. The summed E-state index contributed by atoms with van der Waals surface area (Å²) in [6.45, 7) is 1.75. The first-order valence-electron chi connectivity index (χ1n) is 5.91. The van der Waals surface area contributed by atoms with Crippen LogP contribution in [0.1, 0.15) is 11.1 Å². The van der Waals surface area contributed by atoms with E-state index in [2.05, 4.69) is 9.97 Å². The first-order valence-corrected chi connectivity index (χ1v) is 6.67. The molecule has 2 heterocycles. The molecule has 0 fully saturated rings. The zero-order valence-electron chi connectivity index (χ0n) is 10.5.